The molecule has 0 fully saturated rings. The molecule has 2 aromatic rings. The van der Waals surface area contributed by atoms with Gasteiger partial charge in [0.05, 0.1) is 19.2 Å². The van der Waals surface area contributed by atoms with Crippen LogP contribution in [-0.2, 0) is 6.54 Å². The lowest BCUT2D eigenvalue weighted by atomic mass is 9.99. The minimum Gasteiger partial charge on any atom is -0.472 e. The number of amides is 1. The minimum atomic E-state index is -0.350. The third-order valence-electron chi connectivity index (χ3n) is 6.01. The van der Waals surface area contributed by atoms with Crippen LogP contribution >= 0.6 is 0 Å². The van der Waals surface area contributed by atoms with E-state index in [1.165, 1.54) is 12.1 Å². The second kappa shape index (κ2) is 12.1. The number of carbonyl (C=O) groups excluding carboxylic acids is 1. The number of pyridine rings is 1. The van der Waals surface area contributed by atoms with Crippen molar-refractivity contribution in [1.82, 2.24) is 19.7 Å². The number of hydrogen-bond acceptors (Lipinski definition) is 6. The first-order chi connectivity index (χ1) is 16.7. The van der Waals surface area contributed by atoms with Crippen molar-refractivity contribution in [3.8, 4) is 17.7 Å². The second-order valence-electron chi connectivity index (χ2n) is 9.56. The Labute approximate surface area is 207 Å². The number of likely N-dealkylation sites (N-methyl/N-ethyl adjacent to an activating group) is 1. The number of aliphatic hydroxyl groups excluding tert-OH is 1. The van der Waals surface area contributed by atoms with Crippen molar-refractivity contribution in [2.45, 2.75) is 32.5 Å². The molecule has 8 heteroatoms. The summed E-state index contributed by atoms with van der Waals surface area (Å²) in [5, 5.41) is 9.82. The van der Waals surface area contributed by atoms with Crippen molar-refractivity contribution in [3.05, 3.63) is 59.0 Å². The van der Waals surface area contributed by atoms with Gasteiger partial charge in [-0.2, -0.15) is 0 Å². The van der Waals surface area contributed by atoms with Crippen LogP contribution in [0.15, 0.2) is 36.5 Å². The van der Waals surface area contributed by atoms with Crippen LogP contribution in [0.25, 0.3) is 0 Å². The zero-order valence-corrected chi connectivity index (χ0v) is 21.2. The topological polar surface area (TPSA) is 69.1 Å². The lowest BCUT2D eigenvalue weighted by molar-refractivity contribution is 0.0325. The Morgan fingerprint density at radius 1 is 1.29 bits per heavy atom. The molecule has 188 valence electrons. The highest BCUT2D eigenvalue weighted by atomic mass is 19.1. The highest BCUT2D eigenvalue weighted by Gasteiger charge is 2.34. The van der Waals surface area contributed by atoms with Crippen molar-refractivity contribution in [2.75, 3.05) is 47.4 Å². The van der Waals surface area contributed by atoms with Gasteiger partial charge in [0.2, 0.25) is 5.88 Å². The van der Waals surface area contributed by atoms with Gasteiger partial charge < -0.3 is 14.7 Å². The van der Waals surface area contributed by atoms with Gasteiger partial charge in [-0.3, -0.25) is 14.6 Å². The summed E-state index contributed by atoms with van der Waals surface area (Å²) in [4.78, 5) is 23.7. The molecule has 0 saturated heterocycles. The van der Waals surface area contributed by atoms with E-state index in [1.807, 2.05) is 39.9 Å². The highest BCUT2D eigenvalue weighted by Crippen LogP contribution is 2.27. The van der Waals surface area contributed by atoms with Crippen LogP contribution < -0.4 is 4.74 Å². The van der Waals surface area contributed by atoms with Crippen LogP contribution in [0.1, 0.15) is 35.3 Å². The first kappa shape index (κ1) is 26.6. The Hall–Kier alpha value is -2.99. The number of aliphatic hydroxyl groups is 1. The number of halogens is 1. The summed E-state index contributed by atoms with van der Waals surface area (Å²) in [7, 11) is 5.86. The Morgan fingerprint density at radius 3 is 2.66 bits per heavy atom. The normalized spacial score (nSPS) is 18.9. The first-order valence-corrected chi connectivity index (χ1v) is 11.8. The van der Waals surface area contributed by atoms with Crippen LogP contribution in [-0.4, -0.2) is 90.2 Å². The number of nitrogens with zero attached hydrogens (tertiary/aromatic N) is 4. The third kappa shape index (κ3) is 7.25. The molecule has 1 amide bonds. The van der Waals surface area contributed by atoms with Crippen molar-refractivity contribution in [3.63, 3.8) is 0 Å². The summed E-state index contributed by atoms with van der Waals surface area (Å²) in [6.45, 7) is 5.96. The zero-order valence-electron chi connectivity index (χ0n) is 21.2. The van der Waals surface area contributed by atoms with Gasteiger partial charge in [-0.15, -0.1) is 0 Å². The molecule has 35 heavy (non-hydrogen) atoms. The van der Waals surface area contributed by atoms with Crippen molar-refractivity contribution in [2.24, 2.45) is 5.92 Å². The SMILES string of the molecule is C[C@@H]1CN([C@H](C)CO)C(=O)c2cc(C#CCN(C)C)cnc2O[C@@H]1CN(C)Cc1ccc(F)cc1. The molecule has 1 aliphatic heterocycles. The fourth-order valence-electron chi connectivity index (χ4n) is 3.96. The zero-order chi connectivity index (χ0) is 25.5. The lowest BCUT2D eigenvalue weighted by Crippen LogP contribution is -2.49. The van der Waals surface area contributed by atoms with Gasteiger partial charge >= 0.3 is 0 Å². The molecular weight excluding hydrogens is 447 g/mol. The van der Waals surface area contributed by atoms with Crippen LogP contribution in [0.2, 0.25) is 0 Å². The highest BCUT2D eigenvalue weighted by molar-refractivity contribution is 5.97. The summed E-state index contributed by atoms with van der Waals surface area (Å²) in [6, 6.07) is 7.83. The summed E-state index contributed by atoms with van der Waals surface area (Å²) in [5.41, 5.74) is 1.98. The van der Waals surface area contributed by atoms with E-state index in [9.17, 15) is 14.3 Å². The first-order valence-electron chi connectivity index (χ1n) is 11.8. The van der Waals surface area contributed by atoms with Crippen molar-refractivity contribution >= 4 is 5.91 Å². The maximum absolute atomic E-state index is 13.5. The van der Waals surface area contributed by atoms with Gasteiger partial charge in [0.15, 0.2) is 0 Å². The monoisotopic (exact) mass is 482 g/mol. The fourth-order valence-corrected chi connectivity index (χ4v) is 3.96. The molecule has 0 bridgehead atoms. The predicted molar refractivity (Wildman–Crippen MR) is 134 cm³/mol. The van der Waals surface area contributed by atoms with Crippen molar-refractivity contribution < 1.29 is 19.0 Å². The van der Waals surface area contributed by atoms with Gasteiger partial charge in [-0.1, -0.05) is 30.9 Å². The van der Waals surface area contributed by atoms with E-state index in [0.717, 1.165) is 5.56 Å². The Kier molecular flexibility index (Phi) is 9.21. The van der Waals surface area contributed by atoms with Crippen LogP contribution in [0, 0.1) is 23.6 Å². The molecule has 3 rings (SSSR count). The van der Waals surface area contributed by atoms with Gasteiger partial charge in [0.1, 0.15) is 17.5 Å². The molecule has 0 aliphatic carbocycles. The molecular formula is C27H35FN4O3. The van der Waals surface area contributed by atoms with E-state index in [1.54, 1.807) is 29.3 Å². The van der Waals surface area contributed by atoms with Gasteiger partial charge in [-0.05, 0) is 51.8 Å². The van der Waals surface area contributed by atoms with Gasteiger partial charge in [0, 0.05) is 37.3 Å². The summed E-state index contributed by atoms with van der Waals surface area (Å²) in [5.74, 6) is 5.90. The third-order valence-corrected chi connectivity index (χ3v) is 6.01. The van der Waals surface area contributed by atoms with E-state index in [-0.39, 0.29) is 42.3 Å². The number of carbonyl (C=O) groups is 1. The molecule has 1 aromatic heterocycles. The average Bonchev–Trinajstić information content (AvgIpc) is 2.82. The maximum atomic E-state index is 13.5. The quantitative estimate of drug-likeness (QED) is 0.612. The minimum absolute atomic E-state index is 0.0156. The molecule has 2 heterocycles. The number of fused-ring (bicyclic) bond motifs is 1. The van der Waals surface area contributed by atoms with E-state index in [4.69, 9.17) is 4.74 Å². The number of rotatable bonds is 7. The van der Waals surface area contributed by atoms with E-state index < -0.39 is 0 Å². The van der Waals surface area contributed by atoms with Crippen molar-refractivity contribution in [1.29, 1.82) is 0 Å². The number of ether oxygens (including phenoxy) is 1. The lowest BCUT2D eigenvalue weighted by Gasteiger charge is -2.37. The average molecular weight is 483 g/mol. The summed E-state index contributed by atoms with van der Waals surface area (Å²) in [6.07, 6.45) is 1.37. The number of aromatic nitrogens is 1. The summed E-state index contributed by atoms with van der Waals surface area (Å²) >= 11 is 0. The predicted octanol–water partition coefficient (Wildman–Crippen LogP) is 2.49. The van der Waals surface area contributed by atoms with Crippen LogP contribution in [0.3, 0.4) is 0 Å². The van der Waals surface area contributed by atoms with E-state index >= 15 is 0 Å². The van der Waals surface area contributed by atoms with Crippen LogP contribution in [0.5, 0.6) is 5.88 Å². The van der Waals surface area contributed by atoms with Gasteiger partial charge in [0.25, 0.3) is 5.91 Å². The van der Waals surface area contributed by atoms with E-state index in [2.05, 4.69) is 21.7 Å². The van der Waals surface area contributed by atoms with E-state index in [0.29, 0.717) is 37.3 Å². The summed E-state index contributed by atoms with van der Waals surface area (Å²) < 4.78 is 19.6. The fraction of sp³-hybridized carbons (Fsp3) is 0.481. The molecule has 1 aromatic carbocycles. The number of hydrogen-bond donors (Lipinski definition) is 1. The molecule has 0 radical (unpaired) electrons. The molecule has 1 N–H and O–H groups in total. The molecule has 0 unspecified atom stereocenters. The standard InChI is InChI=1S/C27H35FN4O3/c1-19-15-32(20(2)18-33)27(34)24-13-22(7-6-12-30(3)4)14-29-26(24)35-25(19)17-31(5)16-21-8-10-23(28)11-9-21/h8-11,13-14,19-20,25,33H,12,15-18H2,1-5H3/t19-,20-,25-/m1/s1. The Balaban J connectivity index is 1.88. The molecule has 0 saturated carbocycles. The second-order valence-corrected chi connectivity index (χ2v) is 9.56. The number of benzene rings is 1. The largest absolute Gasteiger partial charge is 0.472 e. The molecule has 7 nitrogen and oxygen atoms in total. The smallest absolute Gasteiger partial charge is 0.259 e. The van der Waals surface area contributed by atoms with Crippen LogP contribution in [0.4, 0.5) is 4.39 Å². The maximum Gasteiger partial charge on any atom is 0.259 e. The Bertz CT molecular complexity index is 1060. The molecule has 1 aliphatic rings. The molecule has 3 atom stereocenters. The molecule has 0 spiro atoms. The van der Waals surface area contributed by atoms with Gasteiger partial charge in [-0.25, -0.2) is 9.37 Å². The Morgan fingerprint density at radius 2 is 2.00 bits per heavy atom.